The molecule has 2 aliphatic heterocycles. The highest BCUT2D eigenvalue weighted by molar-refractivity contribution is 7.22. The van der Waals surface area contributed by atoms with E-state index in [4.69, 9.17) is 21.4 Å². The topological polar surface area (TPSA) is 180 Å². The summed E-state index contributed by atoms with van der Waals surface area (Å²) in [6.45, 7) is 3.73. The third-order valence-corrected chi connectivity index (χ3v) is 14.0. The Labute approximate surface area is 334 Å². The molecule has 3 N–H and O–H groups in total. The van der Waals surface area contributed by atoms with Gasteiger partial charge in [-0.05, 0) is 80.0 Å². The number of imide groups is 2. The van der Waals surface area contributed by atoms with Crippen LogP contribution in [0, 0.1) is 36.0 Å². The lowest BCUT2D eigenvalue weighted by molar-refractivity contribution is -0.131. The lowest BCUT2D eigenvalue weighted by atomic mass is 9.51. The average molecular weight is 807 g/mol. The van der Waals surface area contributed by atoms with E-state index in [1.54, 1.807) is 26.1 Å². The van der Waals surface area contributed by atoms with Gasteiger partial charge in [0.15, 0.2) is 0 Å². The standard InChI is InChI=1S/C42H35ClN4O9S/c1-18-26-13-19(43)5-12-32(26)57-36(18)29-17-33(45(3)44-29)47-38(51)28-16-27-22(35(42(28,2)41(47)55)24-9-7-21(48)15-31(24)56-4)10-11-25-34(27)39(52)46(37(25)50)20-6-8-23(40(53)54)30(49)14-20/h5-10,12-15,17,25,27-28,34-35,48-49H,11,16H2,1-4H3,(H,53,54). The quantitative estimate of drug-likeness (QED) is 0.122. The summed E-state index contributed by atoms with van der Waals surface area (Å²) < 4.78 is 8.29. The molecule has 0 bridgehead atoms. The van der Waals surface area contributed by atoms with Gasteiger partial charge in [0.1, 0.15) is 34.3 Å². The summed E-state index contributed by atoms with van der Waals surface area (Å²) >= 11 is 7.84. The van der Waals surface area contributed by atoms with Gasteiger partial charge in [0.25, 0.3) is 0 Å². The van der Waals surface area contributed by atoms with Crippen molar-refractivity contribution in [3.05, 3.63) is 94.0 Å². The van der Waals surface area contributed by atoms with Crippen LogP contribution < -0.4 is 14.5 Å². The molecule has 4 amide bonds. The maximum atomic E-state index is 15.2. The molecule has 1 saturated carbocycles. The number of aromatic carboxylic acids is 1. The molecule has 3 aromatic carbocycles. The van der Waals surface area contributed by atoms with Crippen molar-refractivity contribution in [1.29, 1.82) is 0 Å². The summed E-state index contributed by atoms with van der Waals surface area (Å²) in [5, 5.41) is 36.7. The summed E-state index contributed by atoms with van der Waals surface area (Å²) in [5.74, 6) is -7.59. The number of carboxylic acid groups (broad SMARTS) is 1. The van der Waals surface area contributed by atoms with E-state index in [-0.39, 0.29) is 41.4 Å². The van der Waals surface area contributed by atoms with Gasteiger partial charge in [-0.25, -0.2) is 14.6 Å². The Balaban J connectivity index is 1.15. The Hall–Kier alpha value is -5.99. The summed E-state index contributed by atoms with van der Waals surface area (Å²) in [4.78, 5) is 73.2. The van der Waals surface area contributed by atoms with E-state index in [1.165, 1.54) is 46.2 Å². The Kier molecular flexibility index (Phi) is 8.20. The van der Waals surface area contributed by atoms with Crippen molar-refractivity contribution >= 4 is 74.1 Å². The molecule has 6 unspecified atom stereocenters. The molecular formula is C42H35ClN4O9S. The van der Waals surface area contributed by atoms with Crippen molar-refractivity contribution in [3.8, 4) is 27.8 Å². The molecule has 2 aromatic heterocycles. The van der Waals surface area contributed by atoms with Crippen LogP contribution in [0.15, 0.2) is 72.3 Å². The average Bonchev–Trinajstić information content (AvgIpc) is 3.84. The highest BCUT2D eigenvalue weighted by atomic mass is 35.5. The second-order valence-corrected chi connectivity index (χ2v) is 16.8. The molecule has 2 saturated heterocycles. The third kappa shape index (κ3) is 5.12. The van der Waals surface area contributed by atoms with Gasteiger partial charge < -0.3 is 20.1 Å². The zero-order valence-corrected chi connectivity index (χ0v) is 32.6. The number of methoxy groups -OCH3 is 1. The van der Waals surface area contributed by atoms with Gasteiger partial charge in [0, 0.05) is 46.5 Å². The van der Waals surface area contributed by atoms with Crippen molar-refractivity contribution in [3.63, 3.8) is 0 Å². The molecule has 15 heteroatoms. The number of allylic oxidation sites excluding steroid dienone is 2. The largest absolute Gasteiger partial charge is 0.508 e. The van der Waals surface area contributed by atoms with Gasteiger partial charge in [-0.1, -0.05) is 29.3 Å². The maximum Gasteiger partial charge on any atom is 0.339 e. The number of phenols is 2. The van der Waals surface area contributed by atoms with Crippen molar-refractivity contribution in [1.82, 2.24) is 9.78 Å². The number of phenolic OH excluding ortho intramolecular Hbond substituents is 1. The van der Waals surface area contributed by atoms with Crippen molar-refractivity contribution < 1.29 is 44.0 Å². The maximum absolute atomic E-state index is 15.2. The highest BCUT2D eigenvalue weighted by Gasteiger charge is 2.68. The van der Waals surface area contributed by atoms with E-state index in [0.29, 0.717) is 21.9 Å². The van der Waals surface area contributed by atoms with Crippen LogP contribution in [0.2, 0.25) is 5.02 Å². The molecule has 6 atom stereocenters. The SMILES string of the molecule is COc1cc(O)ccc1C1C2=CCC3C(=O)N(c4ccc(C(=O)O)c(O)c4)C(=O)C3C2CC2C(=O)N(c3cc(-c4sc5ccc(Cl)cc5c4C)nn3C)C(=O)C21C. The summed E-state index contributed by atoms with van der Waals surface area (Å²) in [7, 11) is 3.12. The number of carboxylic acids is 1. The Morgan fingerprint density at radius 2 is 1.74 bits per heavy atom. The minimum atomic E-state index is -1.39. The number of fused-ring (bicyclic) bond motifs is 5. The fourth-order valence-corrected chi connectivity index (χ4v) is 11.1. The molecule has 13 nitrogen and oxygen atoms in total. The van der Waals surface area contributed by atoms with Crippen LogP contribution in [0.3, 0.4) is 0 Å². The third-order valence-electron chi connectivity index (χ3n) is 12.5. The number of nitrogens with zero attached hydrogens (tertiary/aromatic N) is 4. The number of aromatic hydroxyl groups is 2. The number of hydrogen-bond acceptors (Lipinski definition) is 10. The second-order valence-electron chi connectivity index (χ2n) is 15.3. The lowest BCUT2D eigenvalue weighted by Gasteiger charge is -2.49. The molecule has 0 radical (unpaired) electrons. The molecule has 290 valence electrons. The first-order valence-corrected chi connectivity index (χ1v) is 19.5. The molecule has 9 rings (SSSR count). The van der Waals surface area contributed by atoms with Crippen LogP contribution in [0.5, 0.6) is 17.2 Å². The molecule has 4 aliphatic rings. The van der Waals surface area contributed by atoms with Gasteiger partial charge in [0.05, 0.1) is 40.8 Å². The Morgan fingerprint density at radius 1 is 0.965 bits per heavy atom. The zero-order valence-electron chi connectivity index (χ0n) is 31.0. The van der Waals surface area contributed by atoms with Gasteiger partial charge in [0.2, 0.25) is 23.6 Å². The zero-order chi connectivity index (χ0) is 40.4. The minimum Gasteiger partial charge on any atom is -0.508 e. The molecular weight excluding hydrogens is 772 g/mol. The monoisotopic (exact) mass is 806 g/mol. The summed E-state index contributed by atoms with van der Waals surface area (Å²) in [6.07, 6.45) is 2.13. The van der Waals surface area contributed by atoms with E-state index in [2.05, 4.69) is 0 Å². The molecule has 3 fully saturated rings. The predicted molar refractivity (Wildman–Crippen MR) is 211 cm³/mol. The molecule has 4 heterocycles. The van der Waals surface area contributed by atoms with Crippen LogP contribution in [0.4, 0.5) is 11.5 Å². The number of carbonyl (C=O) groups is 5. The van der Waals surface area contributed by atoms with Crippen LogP contribution in [0.1, 0.15) is 47.2 Å². The summed E-state index contributed by atoms with van der Waals surface area (Å²) in [6, 6.07) is 15.5. The van der Waals surface area contributed by atoms with Gasteiger partial charge in [-0.2, -0.15) is 5.10 Å². The Bertz CT molecular complexity index is 2680. The Morgan fingerprint density at radius 3 is 2.46 bits per heavy atom. The van der Waals surface area contributed by atoms with Gasteiger partial charge >= 0.3 is 5.97 Å². The number of hydrogen-bond donors (Lipinski definition) is 3. The van der Waals surface area contributed by atoms with Crippen LogP contribution in [0.25, 0.3) is 20.7 Å². The highest BCUT2D eigenvalue weighted by Crippen LogP contribution is 2.65. The number of anilines is 2. The number of ether oxygens (including phenoxy) is 1. The van der Waals surface area contributed by atoms with E-state index in [1.807, 2.05) is 31.2 Å². The number of amides is 4. The minimum absolute atomic E-state index is 0.0307. The fraction of sp³-hybridized carbons (Fsp3) is 0.286. The first kappa shape index (κ1) is 36.6. The van der Waals surface area contributed by atoms with Crippen molar-refractivity contribution in [2.75, 3.05) is 16.9 Å². The van der Waals surface area contributed by atoms with E-state index < -0.39 is 70.4 Å². The number of carbonyl (C=O) groups excluding carboxylic acids is 4. The number of benzene rings is 3. The smallest absolute Gasteiger partial charge is 0.339 e. The number of aryl methyl sites for hydroxylation is 2. The molecule has 57 heavy (non-hydrogen) atoms. The fourth-order valence-electron chi connectivity index (χ4n) is 9.83. The van der Waals surface area contributed by atoms with Crippen molar-refractivity contribution in [2.24, 2.45) is 36.1 Å². The van der Waals surface area contributed by atoms with E-state index in [0.717, 1.165) is 37.6 Å². The van der Waals surface area contributed by atoms with E-state index in [9.17, 15) is 34.5 Å². The molecule has 2 aliphatic carbocycles. The normalized spacial score (nSPS) is 25.5. The lowest BCUT2D eigenvalue weighted by Crippen LogP contribution is -2.49. The van der Waals surface area contributed by atoms with Crippen LogP contribution in [-0.2, 0) is 26.2 Å². The van der Waals surface area contributed by atoms with Crippen LogP contribution in [-0.4, -0.2) is 61.8 Å². The molecule has 5 aromatic rings. The van der Waals surface area contributed by atoms with E-state index >= 15 is 4.79 Å². The van der Waals surface area contributed by atoms with Gasteiger partial charge in [-0.15, -0.1) is 11.3 Å². The molecule has 0 spiro atoms. The van der Waals surface area contributed by atoms with Crippen LogP contribution >= 0.6 is 22.9 Å². The first-order valence-electron chi connectivity index (χ1n) is 18.3. The first-order chi connectivity index (χ1) is 27.1. The number of rotatable bonds is 6. The number of halogens is 1. The second kappa shape index (κ2) is 12.8. The number of aromatic nitrogens is 2. The van der Waals surface area contributed by atoms with Crippen molar-refractivity contribution in [2.45, 2.75) is 32.6 Å². The number of thiophene rings is 1. The summed E-state index contributed by atoms with van der Waals surface area (Å²) in [5.41, 5.74) is 1.04. The van der Waals surface area contributed by atoms with Gasteiger partial charge in [-0.3, -0.25) is 23.9 Å². The predicted octanol–water partition coefficient (Wildman–Crippen LogP) is 6.82.